The van der Waals surface area contributed by atoms with Gasteiger partial charge in [0, 0.05) is 10.2 Å². The second kappa shape index (κ2) is 7.65. The standard InChI is InChI=1S/C17H17BrClNO2/c1-3-12-6-4-5-7-16(12)22-11(2)17(21)20-13-8-9-14(18)15(19)10-13/h4-11H,3H2,1-2H3,(H,20,21)/t11-/m0/s1. The molecule has 0 bridgehead atoms. The minimum Gasteiger partial charge on any atom is -0.481 e. The number of hydrogen-bond donors (Lipinski definition) is 1. The average molecular weight is 383 g/mol. The van der Waals surface area contributed by atoms with Crippen LogP contribution in [0.2, 0.25) is 5.02 Å². The summed E-state index contributed by atoms with van der Waals surface area (Å²) in [6, 6.07) is 13.0. The van der Waals surface area contributed by atoms with E-state index in [4.69, 9.17) is 16.3 Å². The quantitative estimate of drug-likeness (QED) is 0.784. The van der Waals surface area contributed by atoms with Gasteiger partial charge in [0.1, 0.15) is 5.75 Å². The molecule has 2 aromatic rings. The lowest BCUT2D eigenvalue weighted by molar-refractivity contribution is -0.122. The number of aryl methyl sites for hydroxylation is 1. The third kappa shape index (κ3) is 4.24. The van der Waals surface area contributed by atoms with E-state index < -0.39 is 6.10 Å². The monoisotopic (exact) mass is 381 g/mol. The van der Waals surface area contributed by atoms with E-state index in [1.165, 1.54) is 0 Å². The summed E-state index contributed by atoms with van der Waals surface area (Å²) in [5, 5.41) is 3.34. The average Bonchev–Trinajstić information content (AvgIpc) is 2.51. The van der Waals surface area contributed by atoms with Crippen LogP contribution in [0.25, 0.3) is 0 Å². The lowest BCUT2D eigenvalue weighted by atomic mass is 10.1. The molecule has 0 aliphatic carbocycles. The number of anilines is 1. The first kappa shape index (κ1) is 16.8. The molecule has 0 aliphatic heterocycles. The number of hydrogen-bond acceptors (Lipinski definition) is 2. The minimum atomic E-state index is -0.602. The number of benzene rings is 2. The summed E-state index contributed by atoms with van der Waals surface area (Å²) < 4.78 is 6.56. The van der Waals surface area contributed by atoms with Gasteiger partial charge in [-0.2, -0.15) is 0 Å². The van der Waals surface area contributed by atoms with Crippen molar-refractivity contribution in [3.63, 3.8) is 0 Å². The fourth-order valence-corrected chi connectivity index (χ4v) is 2.40. The highest BCUT2D eigenvalue weighted by Crippen LogP contribution is 2.26. The number of carbonyl (C=O) groups is 1. The maximum atomic E-state index is 12.2. The van der Waals surface area contributed by atoms with Crippen molar-refractivity contribution in [3.05, 3.63) is 57.5 Å². The molecule has 1 N–H and O–H groups in total. The van der Waals surface area contributed by atoms with E-state index in [-0.39, 0.29) is 5.91 Å². The zero-order valence-electron chi connectivity index (χ0n) is 12.4. The second-order valence-corrected chi connectivity index (χ2v) is 6.10. The first-order valence-electron chi connectivity index (χ1n) is 7.01. The molecule has 0 saturated carbocycles. The van der Waals surface area contributed by atoms with Gasteiger partial charge in [0.05, 0.1) is 5.02 Å². The first-order chi connectivity index (χ1) is 10.5. The largest absolute Gasteiger partial charge is 0.481 e. The van der Waals surface area contributed by atoms with Crippen molar-refractivity contribution < 1.29 is 9.53 Å². The van der Waals surface area contributed by atoms with Crippen molar-refractivity contribution >= 4 is 39.1 Å². The molecule has 2 aromatic carbocycles. The Bertz CT molecular complexity index is 675. The molecule has 5 heteroatoms. The van der Waals surface area contributed by atoms with Gasteiger partial charge in [-0.3, -0.25) is 4.79 Å². The van der Waals surface area contributed by atoms with Crippen molar-refractivity contribution in [2.24, 2.45) is 0 Å². The number of rotatable bonds is 5. The summed E-state index contributed by atoms with van der Waals surface area (Å²) in [6.07, 6.45) is 0.252. The van der Waals surface area contributed by atoms with Gasteiger partial charge in [-0.25, -0.2) is 0 Å². The summed E-state index contributed by atoms with van der Waals surface area (Å²) in [6.45, 7) is 3.78. The molecule has 22 heavy (non-hydrogen) atoms. The number of nitrogens with one attached hydrogen (secondary N) is 1. The lowest BCUT2D eigenvalue weighted by Gasteiger charge is -2.17. The van der Waals surface area contributed by atoms with Gasteiger partial charge in [0.2, 0.25) is 0 Å². The van der Waals surface area contributed by atoms with E-state index in [2.05, 4.69) is 28.2 Å². The predicted octanol–water partition coefficient (Wildman–Crippen LogP) is 5.07. The van der Waals surface area contributed by atoms with E-state index in [0.717, 1.165) is 22.2 Å². The van der Waals surface area contributed by atoms with Crippen LogP contribution in [-0.4, -0.2) is 12.0 Å². The molecule has 3 nitrogen and oxygen atoms in total. The van der Waals surface area contributed by atoms with Crippen molar-refractivity contribution in [2.75, 3.05) is 5.32 Å². The van der Waals surface area contributed by atoms with Crippen LogP contribution in [0.4, 0.5) is 5.69 Å². The van der Waals surface area contributed by atoms with Gasteiger partial charge >= 0.3 is 0 Å². The zero-order chi connectivity index (χ0) is 16.1. The van der Waals surface area contributed by atoms with Crippen molar-refractivity contribution in [1.82, 2.24) is 0 Å². The lowest BCUT2D eigenvalue weighted by Crippen LogP contribution is -2.30. The smallest absolute Gasteiger partial charge is 0.265 e. The number of halogens is 2. The number of ether oxygens (including phenoxy) is 1. The van der Waals surface area contributed by atoms with E-state index in [1.54, 1.807) is 25.1 Å². The highest BCUT2D eigenvalue weighted by Gasteiger charge is 2.16. The Hall–Kier alpha value is -1.52. The van der Waals surface area contributed by atoms with Crippen LogP contribution in [-0.2, 0) is 11.2 Å². The Balaban J connectivity index is 2.04. The Labute approximate surface area is 143 Å². The maximum absolute atomic E-state index is 12.2. The van der Waals surface area contributed by atoms with Crippen LogP contribution in [0.1, 0.15) is 19.4 Å². The number of amides is 1. The van der Waals surface area contributed by atoms with Gasteiger partial charge in [0.25, 0.3) is 5.91 Å². The normalized spacial score (nSPS) is 11.8. The van der Waals surface area contributed by atoms with Crippen LogP contribution in [0.5, 0.6) is 5.75 Å². The van der Waals surface area contributed by atoms with Crippen LogP contribution < -0.4 is 10.1 Å². The van der Waals surface area contributed by atoms with E-state index in [1.807, 2.05) is 24.3 Å². The molecule has 1 amide bonds. The first-order valence-corrected chi connectivity index (χ1v) is 8.18. The Morgan fingerprint density at radius 1 is 1.32 bits per heavy atom. The second-order valence-electron chi connectivity index (χ2n) is 4.84. The molecule has 116 valence electrons. The molecular formula is C17H17BrClNO2. The summed E-state index contributed by atoms with van der Waals surface area (Å²) in [7, 11) is 0. The Morgan fingerprint density at radius 2 is 2.05 bits per heavy atom. The minimum absolute atomic E-state index is 0.218. The van der Waals surface area contributed by atoms with Crippen LogP contribution in [0, 0.1) is 0 Å². The van der Waals surface area contributed by atoms with Crippen molar-refractivity contribution in [3.8, 4) is 5.75 Å². The van der Waals surface area contributed by atoms with Gasteiger partial charge in [-0.05, 0) is 59.1 Å². The topological polar surface area (TPSA) is 38.3 Å². The molecule has 1 atom stereocenters. The third-order valence-electron chi connectivity index (χ3n) is 3.21. The highest BCUT2D eigenvalue weighted by molar-refractivity contribution is 9.10. The fraction of sp³-hybridized carbons (Fsp3) is 0.235. The van der Waals surface area contributed by atoms with Gasteiger partial charge < -0.3 is 10.1 Å². The van der Waals surface area contributed by atoms with Crippen LogP contribution in [0.3, 0.4) is 0 Å². The van der Waals surface area contributed by atoms with E-state index in [0.29, 0.717) is 10.7 Å². The predicted molar refractivity (Wildman–Crippen MR) is 93.7 cm³/mol. The van der Waals surface area contributed by atoms with Crippen LogP contribution >= 0.6 is 27.5 Å². The van der Waals surface area contributed by atoms with Gasteiger partial charge in [0.15, 0.2) is 6.10 Å². The molecule has 0 aliphatic rings. The van der Waals surface area contributed by atoms with E-state index >= 15 is 0 Å². The molecule has 0 heterocycles. The molecular weight excluding hydrogens is 366 g/mol. The SMILES string of the molecule is CCc1ccccc1O[C@@H](C)C(=O)Nc1ccc(Br)c(Cl)c1. The maximum Gasteiger partial charge on any atom is 0.265 e. The molecule has 0 spiro atoms. The number of carbonyl (C=O) groups excluding carboxylic acids is 1. The van der Waals surface area contributed by atoms with Gasteiger partial charge in [-0.1, -0.05) is 36.7 Å². The molecule has 0 aromatic heterocycles. The van der Waals surface area contributed by atoms with Crippen molar-refractivity contribution in [1.29, 1.82) is 0 Å². The van der Waals surface area contributed by atoms with Crippen LogP contribution in [0.15, 0.2) is 46.9 Å². The summed E-state index contributed by atoms with van der Waals surface area (Å²) in [4.78, 5) is 12.2. The Morgan fingerprint density at radius 3 is 2.73 bits per heavy atom. The summed E-state index contributed by atoms with van der Waals surface area (Å²) in [5.74, 6) is 0.519. The van der Waals surface area contributed by atoms with Crippen molar-refractivity contribution in [2.45, 2.75) is 26.4 Å². The molecule has 0 radical (unpaired) electrons. The molecule has 0 saturated heterocycles. The molecule has 0 unspecified atom stereocenters. The van der Waals surface area contributed by atoms with Gasteiger partial charge in [-0.15, -0.1) is 0 Å². The zero-order valence-corrected chi connectivity index (χ0v) is 14.7. The third-order valence-corrected chi connectivity index (χ3v) is 4.45. The van der Waals surface area contributed by atoms with E-state index in [9.17, 15) is 4.79 Å². The molecule has 2 rings (SSSR count). The fourth-order valence-electron chi connectivity index (χ4n) is 1.97. The summed E-state index contributed by atoms with van der Waals surface area (Å²) in [5.41, 5.74) is 1.71. The molecule has 0 fully saturated rings. The number of para-hydroxylation sites is 1. The Kier molecular flexibility index (Phi) is 5.86. The summed E-state index contributed by atoms with van der Waals surface area (Å²) >= 11 is 9.33. The highest BCUT2D eigenvalue weighted by atomic mass is 79.9.